The average molecular weight is 286 g/mol. The van der Waals surface area contributed by atoms with Gasteiger partial charge in [0.05, 0.1) is 12.2 Å². The lowest BCUT2D eigenvalue weighted by molar-refractivity contribution is 0.111. The topological polar surface area (TPSA) is 55.5 Å². The zero-order chi connectivity index (χ0) is 11.5. The molecular weight excluding hydrogens is 270 g/mol. The largest absolute Gasteiger partial charge is 0.490 e. The van der Waals surface area contributed by atoms with E-state index in [2.05, 4.69) is 15.9 Å². The summed E-state index contributed by atoms with van der Waals surface area (Å²) >= 11 is 3.38. The predicted octanol–water partition coefficient (Wildman–Crippen LogP) is 2.37. The summed E-state index contributed by atoms with van der Waals surface area (Å²) in [5, 5.41) is 9.81. The SMILES string of the molecule is NCC(O)c1cc(Br)ccc1OC1CCC1. The van der Waals surface area contributed by atoms with Crippen LogP contribution in [0, 0.1) is 0 Å². The van der Waals surface area contributed by atoms with Gasteiger partial charge in [0.2, 0.25) is 0 Å². The van der Waals surface area contributed by atoms with Crippen molar-refractivity contribution >= 4 is 15.9 Å². The summed E-state index contributed by atoms with van der Waals surface area (Å²) in [5.41, 5.74) is 6.25. The van der Waals surface area contributed by atoms with Crippen LogP contribution in [0.25, 0.3) is 0 Å². The molecule has 0 spiro atoms. The van der Waals surface area contributed by atoms with Crippen LogP contribution < -0.4 is 10.5 Å². The molecule has 0 heterocycles. The Balaban J connectivity index is 2.20. The molecule has 1 fully saturated rings. The molecule has 0 aliphatic heterocycles. The van der Waals surface area contributed by atoms with Gasteiger partial charge in [-0.1, -0.05) is 15.9 Å². The van der Waals surface area contributed by atoms with E-state index in [-0.39, 0.29) is 6.54 Å². The van der Waals surface area contributed by atoms with Crippen molar-refractivity contribution in [2.75, 3.05) is 6.54 Å². The maximum atomic E-state index is 9.81. The standard InChI is InChI=1S/C12H16BrNO2/c13-8-4-5-12(16-9-2-1-3-9)10(6-8)11(15)7-14/h4-6,9,11,15H,1-3,7,14H2. The molecule has 2 rings (SSSR count). The van der Waals surface area contributed by atoms with E-state index in [1.54, 1.807) is 0 Å². The molecule has 3 nitrogen and oxygen atoms in total. The predicted molar refractivity (Wildman–Crippen MR) is 66.4 cm³/mol. The summed E-state index contributed by atoms with van der Waals surface area (Å²) in [6.07, 6.45) is 3.09. The maximum Gasteiger partial charge on any atom is 0.125 e. The second-order valence-corrected chi connectivity index (χ2v) is 5.02. The van der Waals surface area contributed by atoms with Gasteiger partial charge in [-0.25, -0.2) is 0 Å². The van der Waals surface area contributed by atoms with Gasteiger partial charge in [0.25, 0.3) is 0 Å². The molecule has 1 aromatic carbocycles. The smallest absolute Gasteiger partial charge is 0.125 e. The third-order valence-corrected chi connectivity index (χ3v) is 3.39. The van der Waals surface area contributed by atoms with Crippen molar-refractivity contribution in [2.24, 2.45) is 5.73 Å². The van der Waals surface area contributed by atoms with Gasteiger partial charge in [-0.3, -0.25) is 0 Å². The average Bonchev–Trinajstić information content (AvgIpc) is 2.23. The van der Waals surface area contributed by atoms with Crippen molar-refractivity contribution in [1.29, 1.82) is 0 Å². The lowest BCUT2D eigenvalue weighted by atomic mass is 9.96. The fourth-order valence-electron chi connectivity index (χ4n) is 1.68. The Morgan fingerprint density at radius 2 is 2.25 bits per heavy atom. The van der Waals surface area contributed by atoms with Crippen LogP contribution >= 0.6 is 15.9 Å². The number of halogens is 1. The van der Waals surface area contributed by atoms with E-state index >= 15 is 0 Å². The van der Waals surface area contributed by atoms with Crippen molar-refractivity contribution in [3.8, 4) is 5.75 Å². The first-order valence-corrected chi connectivity index (χ1v) is 6.34. The van der Waals surface area contributed by atoms with E-state index in [1.807, 2.05) is 18.2 Å². The summed E-state index contributed by atoms with van der Waals surface area (Å²) in [4.78, 5) is 0. The monoisotopic (exact) mass is 285 g/mol. The summed E-state index contributed by atoms with van der Waals surface area (Å²) in [7, 11) is 0. The molecule has 0 radical (unpaired) electrons. The Bertz CT molecular complexity index is 366. The normalized spacial score (nSPS) is 17.9. The number of ether oxygens (including phenoxy) is 1. The minimum Gasteiger partial charge on any atom is -0.490 e. The van der Waals surface area contributed by atoms with Crippen molar-refractivity contribution in [3.63, 3.8) is 0 Å². The minimum absolute atomic E-state index is 0.206. The molecule has 1 unspecified atom stereocenters. The highest BCUT2D eigenvalue weighted by atomic mass is 79.9. The van der Waals surface area contributed by atoms with Gasteiger partial charge >= 0.3 is 0 Å². The number of hydrogen-bond donors (Lipinski definition) is 2. The van der Waals surface area contributed by atoms with Gasteiger partial charge in [0, 0.05) is 16.6 Å². The Morgan fingerprint density at radius 3 is 2.81 bits per heavy atom. The van der Waals surface area contributed by atoms with E-state index in [4.69, 9.17) is 10.5 Å². The van der Waals surface area contributed by atoms with Crippen LogP contribution in [-0.2, 0) is 0 Å². The van der Waals surface area contributed by atoms with Gasteiger partial charge in [0.1, 0.15) is 5.75 Å². The molecule has 1 atom stereocenters. The highest BCUT2D eigenvalue weighted by Crippen LogP contribution is 2.32. The summed E-state index contributed by atoms with van der Waals surface area (Å²) < 4.78 is 6.75. The van der Waals surface area contributed by atoms with Gasteiger partial charge in [-0.2, -0.15) is 0 Å². The Kier molecular flexibility index (Phi) is 3.84. The van der Waals surface area contributed by atoms with E-state index in [0.29, 0.717) is 6.10 Å². The van der Waals surface area contributed by atoms with Crippen LogP contribution in [0.3, 0.4) is 0 Å². The second kappa shape index (κ2) is 5.17. The quantitative estimate of drug-likeness (QED) is 0.893. The first kappa shape index (κ1) is 11.9. The Hall–Kier alpha value is -0.580. The van der Waals surface area contributed by atoms with E-state index in [0.717, 1.165) is 28.6 Å². The Labute approximate surface area is 104 Å². The molecule has 1 aliphatic rings. The van der Waals surface area contributed by atoms with Crippen molar-refractivity contribution in [1.82, 2.24) is 0 Å². The van der Waals surface area contributed by atoms with Crippen LogP contribution in [-0.4, -0.2) is 17.8 Å². The Morgan fingerprint density at radius 1 is 1.50 bits per heavy atom. The van der Waals surface area contributed by atoms with Crippen molar-refractivity contribution < 1.29 is 9.84 Å². The van der Waals surface area contributed by atoms with Crippen LogP contribution in [0.15, 0.2) is 22.7 Å². The maximum absolute atomic E-state index is 9.81. The molecule has 1 saturated carbocycles. The van der Waals surface area contributed by atoms with Crippen molar-refractivity contribution in [2.45, 2.75) is 31.5 Å². The molecular formula is C12H16BrNO2. The van der Waals surface area contributed by atoms with Crippen LogP contribution in [0.1, 0.15) is 30.9 Å². The molecule has 1 aliphatic carbocycles. The van der Waals surface area contributed by atoms with Crippen LogP contribution in [0.5, 0.6) is 5.75 Å². The van der Waals surface area contributed by atoms with Crippen molar-refractivity contribution in [3.05, 3.63) is 28.2 Å². The van der Waals surface area contributed by atoms with Gasteiger partial charge in [-0.05, 0) is 37.5 Å². The summed E-state index contributed by atoms with van der Waals surface area (Å²) in [6.45, 7) is 0.206. The van der Waals surface area contributed by atoms with Gasteiger partial charge in [-0.15, -0.1) is 0 Å². The molecule has 0 bridgehead atoms. The zero-order valence-corrected chi connectivity index (χ0v) is 10.6. The highest BCUT2D eigenvalue weighted by Gasteiger charge is 2.21. The van der Waals surface area contributed by atoms with Gasteiger partial charge < -0.3 is 15.6 Å². The molecule has 0 aromatic heterocycles. The van der Waals surface area contributed by atoms with Crippen LogP contribution in [0.4, 0.5) is 0 Å². The number of hydrogen-bond acceptors (Lipinski definition) is 3. The number of benzene rings is 1. The molecule has 3 N–H and O–H groups in total. The number of rotatable bonds is 4. The summed E-state index contributed by atoms with van der Waals surface area (Å²) in [6, 6.07) is 5.67. The minimum atomic E-state index is -0.660. The zero-order valence-electron chi connectivity index (χ0n) is 9.03. The van der Waals surface area contributed by atoms with E-state index in [9.17, 15) is 5.11 Å². The second-order valence-electron chi connectivity index (χ2n) is 4.10. The fraction of sp³-hybridized carbons (Fsp3) is 0.500. The molecule has 16 heavy (non-hydrogen) atoms. The van der Waals surface area contributed by atoms with E-state index in [1.165, 1.54) is 6.42 Å². The summed E-state index contributed by atoms with van der Waals surface area (Å²) in [5.74, 6) is 0.755. The molecule has 4 heteroatoms. The first-order valence-electron chi connectivity index (χ1n) is 5.55. The third kappa shape index (κ3) is 2.56. The number of aliphatic hydroxyl groups excluding tert-OH is 1. The lowest BCUT2D eigenvalue weighted by Crippen LogP contribution is -2.25. The number of aliphatic hydroxyl groups is 1. The molecule has 88 valence electrons. The molecule has 0 saturated heterocycles. The fourth-order valence-corrected chi connectivity index (χ4v) is 2.06. The van der Waals surface area contributed by atoms with Gasteiger partial charge in [0.15, 0.2) is 0 Å². The molecule has 1 aromatic rings. The highest BCUT2D eigenvalue weighted by molar-refractivity contribution is 9.10. The lowest BCUT2D eigenvalue weighted by Gasteiger charge is -2.28. The number of nitrogens with two attached hydrogens (primary N) is 1. The molecule has 0 amide bonds. The van der Waals surface area contributed by atoms with E-state index < -0.39 is 6.10 Å². The van der Waals surface area contributed by atoms with Crippen LogP contribution in [0.2, 0.25) is 0 Å². The first-order chi connectivity index (χ1) is 7.70. The third-order valence-electron chi connectivity index (χ3n) is 2.90.